The standard InChI is InChI=1S/C31H30Cl2N4O2/c1-16-7-11-25(18(3)13-16)36-30(38)27(20(5)34-36)29(23-10-9-22(32)15-24(23)33)28-21(6)35-37(31(28)39)26-12-8-17(2)14-19(26)4/h7-15,29,34-35H,1-6H3. The highest BCUT2D eigenvalue weighted by atomic mass is 35.5. The SMILES string of the molecule is Cc1ccc(-n2[nH]c(C)c(C(c3ccc(Cl)cc3Cl)c3c(C)[nH]n(-c4ccc(C)cc4C)c3=O)c2=O)c(C)c1. The van der Waals surface area contributed by atoms with Crippen molar-refractivity contribution in [1.82, 2.24) is 19.6 Å². The van der Waals surface area contributed by atoms with Gasteiger partial charge in [-0.15, -0.1) is 0 Å². The molecule has 200 valence electrons. The highest BCUT2D eigenvalue weighted by Gasteiger charge is 2.32. The van der Waals surface area contributed by atoms with Crippen LogP contribution in [0.2, 0.25) is 10.0 Å². The molecule has 0 aliphatic rings. The highest BCUT2D eigenvalue weighted by Crippen LogP contribution is 2.37. The number of halogens is 2. The van der Waals surface area contributed by atoms with Crippen LogP contribution in [0.4, 0.5) is 0 Å². The van der Waals surface area contributed by atoms with Gasteiger partial charge in [0.05, 0.1) is 28.4 Å². The summed E-state index contributed by atoms with van der Waals surface area (Å²) in [7, 11) is 0. The molecule has 0 spiro atoms. The summed E-state index contributed by atoms with van der Waals surface area (Å²) in [5.41, 5.74) is 7.96. The van der Waals surface area contributed by atoms with Crippen molar-refractivity contribution in [1.29, 1.82) is 0 Å². The predicted octanol–water partition coefficient (Wildman–Crippen LogP) is 6.98. The van der Waals surface area contributed by atoms with Crippen LogP contribution in [-0.4, -0.2) is 19.6 Å². The number of nitrogens with zero attached hydrogens (tertiary/aromatic N) is 2. The van der Waals surface area contributed by atoms with E-state index < -0.39 is 5.92 Å². The maximum Gasteiger partial charge on any atom is 0.275 e. The quantitative estimate of drug-likeness (QED) is 0.243. The predicted molar refractivity (Wildman–Crippen MR) is 159 cm³/mol. The lowest BCUT2D eigenvalue weighted by Crippen LogP contribution is -2.26. The summed E-state index contributed by atoms with van der Waals surface area (Å²) < 4.78 is 3.09. The second-order valence-corrected chi connectivity index (χ2v) is 11.1. The topological polar surface area (TPSA) is 75.6 Å². The summed E-state index contributed by atoms with van der Waals surface area (Å²) in [6, 6.07) is 17.0. The van der Waals surface area contributed by atoms with Gasteiger partial charge in [-0.3, -0.25) is 19.8 Å². The van der Waals surface area contributed by atoms with Crippen molar-refractivity contribution < 1.29 is 0 Å². The Hall–Kier alpha value is -3.74. The smallest absolute Gasteiger partial charge is 0.275 e. The Morgan fingerprint density at radius 1 is 0.641 bits per heavy atom. The van der Waals surface area contributed by atoms with Gasteiger partial charge in [0, 0.05) is 21.4 Å². The largest absolute Gasteiger partial charge is 0.295 e. The van der Waals surface area contributed by atoms with Gasteiger partial charge in [0.1, 0.15) is 0 Å². The first kappa shape index (κ1) is 26.9. The van der Waals surface area contributed by atoms with Crippen LogP contribution in [0.3, 0.4) is 0 Å². The van der Waals surface area contributed by atoms with E-state index in [2.05, 4.69) is 10.2 Å². The minimum atomic E-state index is -0.735. The third-order valence-electron chi connectivity index (χ3n) is 7.27. The van der Waals surface area contributed by atoms with Crippen LogP contribution in [0.15, 0.2) is 64.2 Å². The minimum Gasteiger partial charge on any atom is -0.295 e. The average molecular weight is 562 g/mol. The van der Waals surface area contributed by atoms with Gasteiger partial charge in [-0.05, 0) is 82.5 Å². The van der Waals surface area contributed by atoms with Crippen LogP contribution in [0.1, 0.15) is 56.2 Å². The molecule has 5 aromatic rings. The van der Waals surface area contributed by atoms with E-state index in [9.17, 15) is 9.59 Å². The fraction of sp³-hybridized carbons (Fsp3) is 0.226. The first-order valence-electron chi connectivity index (χ1n) is 12.7. The Morgan fingerprint density at radius 2 is 1.10 bits per heavy atom. The lowest BCUT2D eigenvalue weighted by Gasteiger charge is -2.17. The molecule has 0 bridgehead atoms. The van der Waals surface area contributed by atoms with Crippen molar-refractivity contribution >= 4 is 23.2 Å². The summed E-state index contributed by atoms with van der Waals surface area (Å²) in [4.78, 5) is 28.3. The molecule has 6 nitrogen and oxygen atoms in total. The number of hydrogen-bond donors (Lipinski definition) is 2. The Labute approximate surface area is 236 Å². The van der Waals surface area contributed by atoms with E-state index in [1.165, 1.54) is 0 Å². The maximum absolute atomic E-state index is 14.1. The van der Waals surface area contributed by atoms with Crippen molar-refractivity contribution in [2.45, 2.75) is 47.5 Å². The molecular weight excluding hydrogens is 531 g/mol. The van der Waals surface area contributed by atoms with Crippen molar-refractivity contribution in [2.75, 3.05) is 0 Å². The molecule has 2 aromatic heterocycles. The van der Waals surface area contributed by atoms with Gasteiger partial charge in [-0.1, -0.05) is 64.7 Å². The molecule has 39 heavy (non-hydrogen) atoms. The summed E-state index contributed by atoms with van der Waals surface area (Å²) in [6.07, 6.45) is 0. The van der Waals surface area contributed by atoms with Crippen molar-refractivity contribution in [3.8, 4) is 11.4 Å². The average Bonchev–Trinajstić information content (AvgIpc) is 3.30. The van der Waals surface area contributed by atoms with E-state index in [0.717, 1.165) is 33.6 Å². The fourth-order valence-corrected chi connectivity index (χ4v) is 5.96. The Morgan fingerprint density at radius 3 is 1.51 bits per heavy atom. The molecule has 0 radical (unpaired) electrons. The fourth-order valence-electron chi connectivity index (χ4n) is 5.44. The minimum absolute atomic E-state index is 0.242. The van der Waals surface area contributed by atoms with Crippen molar-refractivity contribution in [3.63, 3.8) is 0 Å². The third kappa shape index (κ3) is 4.68. The molecule has 0 aliphatic carbocycles. The first-order valence-corrected chi connectivity index (χ1v) is 13.5. The van der Waals surface area contributed by atoms with Crippen LogP contribution >= 0.6 is 23.2 Å². The van der Waals surface area contributed by atoms with Crippen LogP contribution in [0, 0.1) is 41.5 Å². The van der Waals surface area contributed by atoms with E-state index in [-0.39, 0.29) is 11.1 Å². The highest BCUT2D eigenvalue weighted by molar-refractivity contribution is 6.35. The molecule has 0 saturated carbocycles. The normalized spacial score (nSPS) is 11.5. The molecule has 0 amide bonds. The number of nitrogens with one attached hydrogen (secondary N) is 2. The zero-order valence-electron chi connectivity index (χ0n) is 22.7. The van der Waals surface area contributed by atoms with Gasteiger partial charge in [0.2, 0.25) is 0 Å². The van der Waals surface area contributed by atoms with E-state index in [1.54, 1.807) is 27.6 Å². The molecule has 8 heteroatoms. The second-order valence-electron chi connectivity index (χ2n) is 10.3. The molecule has 0 unspecified atom stereocenters. The molecule has 0 aliphatic heterocycles. The van der Waals surface area contributed by atoms with Crippen molar-refractivity contribution in [2.24, 2.45) is 0 Å². The van der Waals surface area contributed by atoms with Gasteiger partial charge >= 0.3 is 0 Å². The summed E-state index contributed by atoms with van der Waals surface area (Å²) in [5.74, 6) is -0.735. The Balaban J connectivity index is 1.80. The zero-order chi connectivity index (χ0) is 28.2. The second kappa shape index (κ2) is 10.1. The number of benzene rings is 3. The Bertz CT molecular complexity index is 1750. The van der Waals surface area contributed by atoms with Crippen LogP contribution < -0.4 is 11.1 Å². The molecule has 3 aromatic carbocycles. The number of aromatic amines is 2. The maximum atomic E-state index is 14.1. The van der Waals surface area contributed by atoms with E-state index in [0.29, 0.717) is 38.1 Å². The lowest BCUT2D eigenvalue weighted by molar-refractivity contribution is 0.824. The van der Waals surface area contributed by atoms with Crippen LogP contribution in [0.5, 0.6) is 0 Å². The van der Waals surface area contributed by atoms with E-state index in [4.69, 9.17) is 23.2 Å². The molecule has 2 heterocycles. The number of aryl methyl sites for hydroxylation is 6. The Kier molecular flexibility index (Phi) is 6.95. The molecule has 0 fully saturated rings. The summed E-state index contributed by atoms with van der Waals surface area (Å²) in [5, 5.41) is 7.35. The third-order valence-corrected chi connectivity index (χ3v) is 7.83. The number of H-pyrrole nitrogens is 2. The summed E-state index contributed by atoms with van der Waals surface area (Å²) >= 11 is 13.0. The summed E-state index contributed by atoms with van der Waals surface area (Å²) in [6.45, 7) is 11.7. The monoisotopic (exact) mass is 560 g/mol. The molecular formula is C31H30Cl2N4O2. The van der Waals surface area contributed by atoms with Gasteiger partial charge in [0.15, 0.2) is 0 Å². The first-order chi connectivity index (χ1) is 18.5. The van der Waals surface area contributed by atoms with Crippen molar-refractivity contribution in [3.05, 3.63) is 136 Å². The number of hydrogen-bond acceptors (Lipinski definition) is 2. The lowest BCUT2D eigenvalue weighted by atomic mass is 9.85. The van der Waals surface area contributed by atoms with Gasteiger partial charge in [-0.25, -0.2) is 9.36 Å². The van der Waals surface area contributed by atoms with Gasteiger partial charge < -0.3 is 0 Å². The van der Waals surface area contributed by atoms with Gasteiger partial charge in [-0.2, -0.15) is 0 Å². The molecule has 0 saturated heterocycles. The van der Waals surface area contributed by atoms with E-state index in [1.807, 2.05) is 77.9 Å². The molecule has 2 N–H and O–H groups in total. The van der Waals surface area contributed by atoms with Crippen LogP contribution in [-0.2, 0) is 0 Å². The van der Waals surface area contributed by atoms with Gasteiger partial charge in [0.25, 0.3) is 11.1 Å². The zero-order valence-corrected chi connectivity index (χ0v) is 24.3. The van der Waals surface area contributed by atoms with Crippen LogP contribution in [0.25, 0.3) is 11.4 Å². The number of aromatic nitrogens is 4. The van der Waals surface area contributed by atoms with E-state index >= 15 is 0 Å². The molecule has 5 rings (SSSR count). The molecule has 0 atom stereocenters. The number of rotatable bonds is 5.